The molecular weight excluding hydrogens is 212 g/mol. The second kappa shape index (κ2) is 6.10. The van der Waals surface area contributed by atoms with Crippen LogP contribution in [0.15, 0.2) is 0 Å². The van der Waals surface area contributed by atoms with Crippen molar-refractivity contribution in [1.82, 2.24) is 10.2 Å². The predicted octanol–water partition coefficient (Wildman–Crippen LogP) is -1.48. The lowest BCUT2D eigenvalue weighted by molar-refractivity contribution is -0.150. The first kappa shape index (κ1) is 12.5. The molecule has 0 aliphatic carbocycles. The Hall–Kier alpha value is -1.58. The lowest BCUT2D eigenvalue weighted by Crippen LogP contribution is -2.53. The molecule has 2 N–H and O–H groups in total. The predicted molar refractivity (Wildman–Crippen MR) is 55.7 cm³/mol. The number of carboxylic acids is 1. The van der Waals surface area contributed by atoms with Gasteiger partial charge in [0.25, 0.3) is 0 Å². The number of carbonyl (C=O) groups is 2. The molecule has 0 radical (unpaired) electrons. The second-order valence-corrected chi connectivity index (χ2v) is 3.38. The fraction of sp³-hybridized carbons (Fsp3) is 0.600. The Balaban J connectivity index is 2.47. The molecule has 0 aromatic carbocycles. The van der Waals surface area contributed by atoms with Crippen LogP contribution in [0.3, 0.4) is 0 Å². The number of nitrogens with zero attached hydrogens (tertiary/aromatic N) is 1. The average molecular weight is 226 g/mol. The van der Waals surface area contributed by atoms with Crippen molar-refractivity contribution in [3.05, 3.63) is 0 Å². The molecule has 1 aliphatic rings. The van der Waals surface area contributed by atoms with Crippen LogP contribution in [-0.4, -0.2) is 60.8 Å². The van der Waals surface area contributed by atoms with Gasteiger partial charge in [-0.25, -0.2) is 0 Å². The van der Waals surface area contributed by atoms with Gasteiger partial charge in [-0.1, -0.05) is 5.92 Å². The van der Waals surface area contributed by atoms with E-state index < -0.39 is 12.0 Å². The molecule has 1 amide bonds. The Labute approximate surface area is 93.6 Å². The van der Waals surface area contributed by atoms with Crippen molar-refractivity contribution in [3.63, 3.8) is 0 Å². The van der Waals surface area contributed by atoms with Gasteiger partial charge in [0.05, 0.1) is 26.3 Å². The van der Waals surface area contributed by atoms with E-state index in [2.05, 4.69) is 11.2 Å². The first-order valence-electron chi connectivity index (χ1n) is 4.90. The van der Waals surface area contributed by atoms with Crippen LogP contribution in [-0.2, 0) is 14.3 Å². The van der Waals surface area contributed by atoms with E-state index in [0.717, 1.165) is 0 Å². The fourth-order valence-electron chi connectivity index (χ4n) is 1.44. The van der Waals surface area contributed by atoms with Crippen molar-refractivity contribution in [2.75, 3.05) is 32.8 Å². The summed E-state index contributed by atoms with van der Waals surface area (Å²) < 4.78 is 5.05. The van der Waals surface area contributed by atoms with Crippen molar-refractivity contribution >= 4 is 11.9 Å². The maximum atomic E-state index is 11.4. The number of hydrogen-bond acceptors (Lipinski definition) is 4. The van der Waals surface area contributed by atoms with E-state index in [1.54, 1.807) is 4.90 Å². The Bertz CT molecular complexity index is 310. The summed E-state index contributed by atoms with van der Waals surface area (Å²) in [6.07, 6.45) is 4.99. The molecule has 0 saturated carbocycles. The van der Waals surface area contributed by atoms with Crippen LogP contribution >= 0.6 is 0 Å². The molecule has 0 bridgehead atoms. The molecule has 1 aliphatic heterocycles. The summed E-state index contributed by atoms with van der Waals surface area (Å²) in [6, 6.07) is -0.759. The molecule has 1 saturated heterocycles. The summed E-state index contributed by atoms with van der Waals surface area (Å²) in [5.74, 6) is 1.02. The number of aliphatic carboxylic acids is 1. The van der Waals surface area contributed by atoms with E-state index in [0.29, 0.717) is 13.2 Å². The van der Waals surface area contributed by atoms with Crippen LogP contribution in [0.5, 0.6) is 0 Å². The minimum Gasteiger partial charge on any atom is -0.480 e. The number of rotatable bonds is 4. The molecule has 1 atom stereocenters. The van der Waals surface area contributed by atoms with Gasteiger partial charge in [-0.05, 0) is 0 Å². The maximum absolute atomic E-state index is 11.4. The third kappa shape index (κ3) is 3.53. The lowest BCUT2D eigenvalue weighted by Gasteiger charge is -2.31. The number of amides is 1. The third-order valence-corrected chi connectivity index (χ3v) is 2.26. The minimum absolute atomic E-state index is 0.0298. The molecule has 0 aromatic heterocycles. The van der Waals surface area contributed by atoms with Gasteiger partial charge in [0.1, 0.15) is 6.04 Å². The van der Waals surface area contributed by atoms with Crippen molar-refractivity contribution < 1.29 is 19.4 Å². The van der Waals surface area contributed by atoms with E-state index in [-0.39, 0.29) is 25.6 Å². The summed E-state index contributed by atoms with van der Waals surface area (Å²) >= 11 is 0. The van der Waals surface area contributed by atoms with Gasteiger partial charge in [0.15, 0.2) is 0 Å². The minimum atomic E-state index is -0.982. The van der Waals surface area contributed by atoms with Crippen molar-refractivity contribution in [2.24, 2.45) is 0 Å². The molecule has 1 rings (SSSR count). The standard InChI is InChI=1S/C10H14N2O4/c1-2-3-11-9(13)6-12-4-5-16-7-8(12)10(14)15/h1,8H,3-7H2,(H,11,13)(H,14,15). The van der Waals surface area contributed by atoms with Crippen LogP contribution in [0.2, 0.25) is 0 Å². The van der Waals surface area contributed by atoms with Crippen LogP contribution in [0, 0.1) is 12.3 Å². The monoisotopic (exact) mass is 226 g/mol. The Kier molecular flexibility index (Phi) is 4.76. The largest absolute Gasteiger partial charge is 0.480 e. The fourth-order valence-corrected chi connectivity index (χ4v) is 1.44. The maximum Gasteiger partial charge on any atom is 0.323 e. The first-order chi connectivity index (χ1) is 7.65. The zero-order valence-electron chi connectivity index (χ0n) is 8.81. The van der Waals surface area contributed by atoms with Crippen LogP contribution < -0.4 is 5.32 Å². The SMILES string of the molecule is C#CCNC(=O)CN1CCOCC1C(=O)O. The average Bonchev–Trinajstić information content (AvgIpc) is 2.27. The number of carboxylic acid groups (broad SMARTS) is 1. The highest BCUT2D eigenvalue weighted by Gasteiger charge is 2.30. The molecule has 1 fully saturated rings. The van der Waals surface area contributed by atoms with E-state index in [9.17, 15) is 9.59 Å². The highest BCUT2D eigenvalue weighted by molar-refractivity contribution is 5.80. The van der Waals surface area contributed by atoms with E-state index in [1.807, 2.05) is 0 Å². The van der Waals surface area contributed by atoms with Gasteiger partial charge in [-0.3, -0.25) is 14.5 Å². The van der Waals surface area contributed by atoms with Gasteiger partial charge in [-0.2, -0.15) is 0 Å². The molecule has 88 valence electrons. The highest BCUT2D eigenvalue weighted by atomic mass is 16.5. The summed E-state index contributed by atoms with van der Waals surface area (Å²) in [6.45, 7) is 1.16. The van der Waals surface area contributed by atoms with Gasteiger partial charge >= 0.3 is 5.97 Å². The smallest absolute Gasteiger partial charge is 0.323 e. The van der Waals surface area contributed by atoms with Crippen molar-refractivity contribution in [3.8, 4) is 12.3 Å². The van der Waals surface area contributed by atoms with Crippen molar-refractivity contribution in [2.45, 2.75) is 6.04 Å². The molecule has 16 heavy (non-hydrogen) atoms. The molecule has 1 heterocycles. The molecular formula is C10H14N2O4. The molecule has 1 unspecified atom stereocenters. The first-order valence-corrected chi connectivity index (χ1v) is 4.90. The molecule has 6 heteroatoms. The van der Waals surface area contributed by atoms with Gasteiger partial charge in [-0.15, -0.1) is 6.42 Å². The Morgan fingerprint density at radius 2 is 2.38 bits per heavy atom. The summed E-state index contributed by atoms with van der Waals surface area (Å²) in [7, 11) is 0. The van der Waals surface area contributed by atoms with Gasteiger partial charge < -0.3 is 15.2 Å². The number of morpholine rings is 1. The van der Waals surface area contributed by atoms with Gasteiger partial charge in [0.2, 0.25) is 5.91 Å². The molecule has 0 aromatic rings. The quantitative estimate of drug-likeness (QED) is 0.572. The summed E-state index contributed by atoms with van der Waals surface area (Å²) in [5, 5.41) is 11.4. The Morgan fingerprint density at radius 3 is 3.00 bits per heavy atom. The topological polar surface area (TPSA) is 78.9 Å². The van der Waals surface area contributed by atoms with E-state index in [4.69, 9.17) is 16.3 Å². The van der Waals surface area contributed by atoms with Gasteiger partial charge in [0, 0.05) is 6.54 Å². The molecule has 6 nitrogen and oxygen atoms in total. The molecule has 0 spiro atoms. The number of ether oxygens (including phenoxy) is 1. The highest BCUT2D eigenvalue weighted by Crippen LogP contribution is 2.06. The summed E-state index contributed by atoms with van der Waals surface area (Å²) in [4.78, 5) is 23.8. The zero-order valence-corrected chi connectivity index (χ0v) is 8.81. The third-order valence-electron chi connectivity index (χ3n) is 2.26. The number of nitrogens with one attached hydrogen (secondary N) is 1. The van der Waals surface area contributed by atoms with Crippen LogP contribution in [0.4, 0.5) is 0 Å². The Morgan fingerprint density at radius 1 is 1.62 bits per heavy atom. The van der Waals surface area contributed by atoms with E-state index in [1.165, 1.54) is 0 Å². The normalized spacial score (nSPS) is 21.1. The second-order valence-electron chi connectivity index (χ2n) is 3.38. The van der Waals surface area contributed by atoms with Crippen molar-refractivity contribution in [1.29, 1.82) is 0 Å². The number of carbonyl (C=O) groups excluding carboxylic acids is 1. The van der Waals surface area contributed by atoms with Crippen LogP contribution in [0.1, 0.15) is 0 Å². The number of hydrogen-bond donors (Lipinski definition) is 2. The van der Waals surface area contributed by atoms with Crippen LogP contribution in [0.25, 0.3) is 0 Å². The van der Waals surface area contributed by atoms with E-state index >= 15 is 0 Å². The lowest BCUT2D eigenvalue weighted by atomic mass is 10.2. The number of terminal acetylenes is 1. The summed E-state index contributed by atoms with van der Waals surface area (Å²) in [5.41, 5.74) is 0. The zero-order chi connectivity index (χ0) is 12.0.